The van der Waals surface area contributed by atoms with Crippen molar-refractivity contribution in [2.75, 3.05) is 23.4 Å². The molecule has 0 radical (unpaired) electrons. The van der Waals surface area contributed by atoms with Gasteiger partial charge in [-0.25, -0.2) is 4.98 Å². The van der Waals surface area contributed by atoms with Crippen LogP contribution in [-0.4, -0.2) is 24.3 Å². The number of hydrogen-bond donors (Lipinski definition) is 1. The molecule has 1 N–H and O–H groups in total. The topological polar surface area (TPSA) is 40.5 Å². The summed E-state index contributed by atoms with van der Waals surface area (Å²) >= 11 is 1.55. The fraction of sp³-hybridized carbons (Fsp3) is 0.238. The summed E-state index contributed by atoms with van der Waals surface area (Å²) in [5.74, 6) is 0. The molecule has 1 heterocycles. The van der Waals surface area contributed by atoms with Crippen LogP contribution in [0, 0.1) is 6.92 Å². The van der Waals surface area contributed by atoms with E-state index in [1.54, 1.807) is 11.3 Å². The van der Waals surface area contributed by atoms with E-state index in [9.17, 15) is 0 Å². The van der Waals surface area contributed by atoms with Gasteiger partial charge in [0, 0.05) is 29.7 Å². The van der Waals surface area contributed by atoms with E-state index in [1.165, 1.54) is 11.3 Å². The van der Waals surface area contributed by atoms with Crippen molar-refractivity contribution in [3.8, 4) is 11.3 Å². The van der Waals surface area contributed by atoms with E-state index in [-0.39, 0.29) is 0 Å². The SMILES string of the molecule is CCN(CC)c1ccc(/C=N\Nc2nc(-c3ccc(C)cc3)cs2)cc1. The normalized spacial score (nSPS) is 11.0. The summed E-state index contributed by atoms with van der Waals surface area (Å²) in [5, 5.41) is 7.14. The van der Waals surface area contributed by atoms with Crippen LogP contribution in [0.2, 0.25) is 0 Å². The van der Waals surface area contributed by atoms with Crippen molar-refractivity contribution >= 4 is 28.4 Å². The Hall–Kier alpha value is -2.66. The molecule has 134 valence electrons. The number of nitrogens with zero attached hydrogens (tertiary/aromatic N) is 3. The van der Waals surface area contributed by atoms with Crippen molar-refractivity contribution in [3.05, 3.63) is 65.0 Å². The Morgan fingerprint density at radius 1 is 1.04 bits per heavy atom. The first-order valence-electron chi connectivity index (χ1n) is 8.86. The number of aromatic nitrogens is 1. The minimum absolute atomic E-state index is 0.789. The van der Waals surface area contributed by atoms with E-state index in [0.29, 0.717) is 0 Å². The van der Waals surface area contributed by atoms with Crippen LogP contribution in [-0.2, 0) is 0 Å². The molecule has 0 unspecified atom stereocenters. The van der Waals surface area contributed by atoms with Gasteiger partial charge in [-0.05, 0) is 38.5 Å². The summed E-state index contributed by atoms with van der Waals surface area (Å²) in [7, 11) is 0. The van der Waals surface area contributed by atoms with Crippen molar-refractivity contribution in [1.29, 1.82) is 0 Å². The van der Waals surface area contributed by atoms with Crippen LogP contribution in [0.15, 0.2) is 59.0 Å². The summed E-state index contributed by atoms with van der Waals surface area (Å²) < 4.78 is 0. The van der Waals surface area contributed by atoms with Gasteiger partial charge < -0.3 is 4.90 Å². The number of rotatable bonds is 7. The van der Waals surface area contributed by atoms with Gasteiger partial charge in [0.2, 0.25) is 5.13 Å². The fourth-order valence-electron chi connectivity index (χ4n) is 2.70. The van der Waals surface area contributed by atoms with Gasteiger partial charge >= 0.3 is 0 Å². The number of hydrazone groups is 1. The van der Waals surface area contributed by atoms with E-state index >= 15 is 0 Å². The molecule has 0 spiro atoms. The number of nitrogens with one attached hydrogen (secondary N) is 1. The second kappa shape index (κ2) is 8.63. The highest BCUT2D eigenvalue weighted by Gasteiger charge is 2.04. The third-order valence-electron chi connectivity index (χ3n) is 4.25. The van der Waals surface area contributed by atoms with E-state index in [0.717, 1.165) is 35.0 Å². The zero-order valence-corrected chi connectivity index (χ0v) is 16.3. The quantitative estimate of drug-likeness (QED) is 0.450. The molecule has 0 amide bonds. The Morgan fingerprint density at radius 2 is 1.73 bits per heavy atom. The molecule has 0 saturated carbocycles. The number of benzene rings is 2. The first kappa shape index (κ1) is 18.1. The first-order valence-corrected chi connectivity index (χ1v) is 9.74. The van der Waals surface area contributed by atoms with Gasteiger partial charge in [0.15, 0.2) is 0 Å². The number of hydrogen-bond acceptors (Lipinski definition) is 5. The predicted molar refractivity (Wildman–Crippen MR) is 114 cm³/mol. The fourth-order valence-corrected chi connectivity index (χ4v) is 3.37. The molecule has 2 aromatic carbocycles. The van der Waals surface area contributed by atoms with Crippen LogP contribution in [0.5, 0.6) is 0 Å². The molecule has 0 saturated heterocycles. The summed E-state index contributed by atoms with van der Waals surface area (Å²) in [5.41, 5.74) is 8.66. The highest BCUT2D eigenvalue weighted by Crippen LogP contribution is 2.25. The summed E-state index contributed by atoms with van der Waals surface area (Å²) in [6.07, 6.45) is 1.82. The predicted octanol–water partition coefficient (Wildman–Crippen LogP) is 5.41. The molecule has 0 atom stereocenters. The standard InChI is InChI=1S/C21H24N4S/c1-4-25(5-2)19-12-8-17(9-13-19)14-22-24-21-23-20(15-26-21)18-10-6-16(3)7-11-18/h6-15H,4-5H2,1-3H3,(H,23,24)/b22-14-. The lowest BCUT2D eigenvalue weighted by atomic mass is 10.1. The van der Waals surface area contributed by atoms with Crippen molar-refractivity contribution in [3.63, 3.8) is 0 Å². The monoisotopic (exact) mass is 364 g/mol. The van der Waals surface area contributed by atoms with Crippen molar-refractivity contribution in [2.45, 2.75) is 20.8 Å². The Balaban J connectivity index is 1.61. The maximum Gasteiger partial charge on any atom is 0.203 e. The molecular weight excluding hydrogens is 340 g/mol. The minimum atomic E-state index is 0.789. The summed E-state index contributed by atoms with van der Waals surface area (Å²) in [6, 6.07) is 16.8. The molecule has 0 bridgehead atoms. The largest absolute Gasteiger partial charge is 0.372 e. The van der Waals surface area contributed by atoms with Crippen molar-refractivity contribution in [2.24, 2.45) is 5.10 Å². The number of thiazole rings is 1. The second-order valence-electron chi connectivity index (χ2n) is 6.04. The van der Waals surface area contributed by atoms with Gasteiger partial charge in [-0.1, -0.05) is 42.0 Å². The summed E-state index contributed by atoms with van der Waals surface area (Å²) in [6.45, 7) is 8.45. The van der Waals surface area contributed by atoms with Crippen LogP contribution in [0.4, 0.5) is 10.8 Å². The Kier molecular flexibility index (Phi) is 6.02. The van der Waals surface area contributed by atoms with Crippen molar-refractivity contribution < 1.29 is 0 Å². The van der Waals surface area contributed by atoms with E-state index < -0.39 is 0 Å². The lowest BCUT2D eigenvalue weighted by molar-refractivity contribution is 0.866. The third-order valence-corrected chi connectivity index (χ3v) is 4.99. The van der Waals surface area contributed by atoms with Crippen LogP contribution < -0.4 is 10.3 Å². The first-order chi connectivity index (χ1) is 12.7. The maximum absolute atomic E-state index is 4.59. The lowest BCUT2D eigenvalue weighted by Gasteiger charge is -2.20. The van der Waals surface area contributed by atoms with Gasteiger partial charge in [-0.2, -0.15) is 5.10 Å². The maximum atomic E-state index is 4.59. The Labute approximate surface area is 159 Å². The molecule has 0 fully saturated rings. The smallest absolute Gasteiger partial charge is 0.203 e. The molecule has 5 heteroatoms. The van der Waals surface area contributed by atoms with Crippen LogP contribution >= 0.6 is 11.3 Å². The molecule has 1 aromatic heterocycles. The van der Waals surface area contributed by atoms with Gasteiger partial charge in [0.25, 0.3) is 0 Å². The average Bonchev–Trinajstić information content (AvgIpc) is 3.13. The second-order valence-corrected chi connectivity index (χ2v) is 6.90. The summed E-state index contributed by atoms with van der Waals surface area (Å²) in [4.78, 5) is 6.91. The highest BCUT2D eigenvalue weighted by molar-refractivity contribution is 7.14. The van der Waals surface area contributed by atoms with E-state index in [1.807, 2.05) is 11.6 Å². The zero-order chi connectivity index (χ0) is 18.4. The number of anilines is 2. The minimum Gasteiger partial charge on any atom is -0.372 e. The molecule has 3 rings (SSSR count). The molecule has 4 nitrogen and oxygen atoms in total. The molecule has 0 aliphatic rings. The Morgan fingerprint density at radius 3 is 2.38 bits per heavy atom. The number of aryl methyl sites for hydroxylation is 1. The molecule has 26 heavy (non-hydrogen) atoms. The van der Waals surface area contributed by atoms with Gasteiger partial charge in [0.1, 0.15) is 0 Å². The molecule has 0 aliphatic carbocycles. The average molecular weight is 365 g/mol. The van der Waals surface area contributed by atoms with E-state index in [2.05, 4.69) is 89.7 Å². The van der Waals surface area contributed by atoms with E-state index in [4.69, 9.17) is 0 Å². The van der Waals surface area contributed by atoms with Crippen molar-refractivity contribution in [1.82, 2.24) is 4.98 Å². The van der Waals surface area contributed by atoms with Crippen LogP contribution in [0.25, 0.3) is 11.3 Å². The molecule has 3 aromatic rings. The van der Waals surface area contributed by atoms with Gasteiger partial charge in [-0.3, -0.25) is 5.43 Å². The van der Waals surface area contributed by atoms with Gasteiger partial charge in [0.05, 0.1) is 11.9 Å². The lowest BCUT2D eigenvalue weighted by Crippen LogP contribution is -2.21. The Bertz CT molecular complexity index is 846. The van der Waals surface area contributed by atoms with Crippen LogP contribution in [0.1, 0.15) is 25.0 Å². The van der Waals surface area contributed by atoms with Gasteiger partial charge in [-0.15, -0.1) is 11.3 Å². The third kappa shape index (κ3) is 4.49. The zero-order valence-electron chi connectivity index (χ0n) is 15.4. The van der Waals surface area contributed by atoms with Crippen LogP contribution in [0.3, 0.4) is 0 Å². The highest BCUT2D eigenvalue weighted by atomic mass is 32.1. The molecular formula is C21H24N4S. The molecule has 0 aliphatic heterocycles.